The summed E-state index contributed by atoms with van der Waals surface area (Å²) in [6, 6.07) is 13.9. The molecule has 108 valence electrons. The number of benzene rings is 2. The minimum atomic E-state index is -0.260. The van der Waals surface area contributed by atoms with Crippen LogP contribution in [0.1, 0.15) is 24.3 Å². The SMILES string of the molecule is CCNC(c1cccc(F)c1)c1cc2cccc(Cl)c2o1. The molecule has 0 aliphatic carbocycles. The van der Waals surface area contributed by atoms with E-state index in [-0.39, 0.29) is 11.9 Å². The van der Waals surface area contributed by atoms with Gasteiger partial charge in [0.15, 0.2) is 5.58 Å². The van der Waals surface area contributed by atoms with E-state index in [4.69, 9.17) is 16.0 Å². The van der Waals surface area contributed by atoms with E-state index in [1.54, 1.807) is 12.1 Å². The number of halogens is 2. The highest BCUT2D eigenvalue weighted by molar-refractivity contribution is 6.34. The fourth-order valence-electron chi connectivity index (χ4n) is 2.46. The Morgan fingerprint density at radius 1 is 1.19 bits per heavy atom. The van der Waals surface area contributed by atoms with E-state index in [9.17, 15) is 4.39 Å². The molecule has 0 amide bonds. The summed E-state index contributed by atoms with van der Waals surface area (Å²) in [5, 5.41) is 4.84. The molecule has 21 heavy (non-hydrogen) atoms. The predicted octanol–water partition coefficient (Wildman–Crippen LogP) is 4.92. The van der Waals surface area contributed by atoms with Gasteiger partial charge in [-0.1, -0.05) is 42.8 Å². The Kier molecular flexibility index (Phi) is 3.95. The summed E-state index contributed by atoms with van der Waals surface area (Å²) < 4.78 is 19.4. The van der Waals surface area contributed by atoms with Gasteiger partial charge in [0.2, 0.25) is 0 Å². The topological polar surface area (TPSA) is 25.2 Å². The molecule has 0 radical (unpaired) electrons. The summed E-state index contributed by atoms with van der Waals surface area (Å²) in [4.78, 5) is 0. The average molecular weight is 304 g/mol. The quantitative estimate of drug-likeness (QED) is 0.739. The standard InChI is InChI=1S/C17H15ClFNO/c1-2-20-16(11-5-3-7-13(19)9-11)15-10-12-6-4-8-14(18)17(12)21-15/h3-10,16,20H,2H2,1H3. The summed E-state index contributed by atoms with van der Waals surface area (Å²) >= 11 is 6.15. The third kappa shape index (κ3) is 2.80. The van der Waals surface area contributed by atoms with E-state index in [0.717, 1.165) is 23.3 Å². The van der Waals surface area contributed by atoms with Crippen molar-refractivity contribution in [2.24, 2.45) is 0 Å². The van der Waals surface area contributed by atoms with E-state index in [1.807, 2.05) is 31.2 Å². The Morgan fingerprint density at radius 3 is 2.71 bits per heavy atom. The highest BCUT2D eigenvalue weighted by atomic mass is 35.5. The van der Waals surface area contributed by atoms with Gasteiger partial charge >= 0.3 is 0 Å². The maximum Gasteiger partial charge on any atom is 0.152 e. The second kappa shape index (κ2) is 5.88. The first-order chi connectivity index (χ1) is 10.2. The lowest BCUT2D eigenvalue weighted by Gasteiger charge is -2.15. The van der Waals surface area contributed by atoms with Crippen molar-refractivity contribution in [2.75, 3.05) is 6.54 Å². The van der Waals surface area contributed by atoms with Crippen LogP contribution in [0.3, 0.4) is 0 Å². The van der Waals surface area contributed by atoms with Crippen molar-refractivity contribution in [2.45, 2.75) is 13.0 Å². The van der Waals surface area contributed by atoms with Crippen molar-refractivity contribution in [3.63, 3.8) is 0 Å². The van der Waals surface area contributed by atoms with Crippen molar-refractivity contribution < 1.29 is 8.81 Å². The highest BCUT2D eigenvalue weighted by Crippen LogP contribution is 2.32. The number of fused-ring (bicyclic) bond motifs is 1. The number of rotatable bonds is 4. The zero-order valence-electron chi connectivity index (χ0n) is 11.6. The van der Waals surface area contributed by atoms with Gasteiger partial charge in [0.05, 0.1) is 11.1 Å². The average Bonchev–Trinajstić information content (AvgIpc) is 2.90. The number of hydrogen-bond acceptors (Lipinski definition) is 2. The molecule has 2 nitrogen and oxygen atoms in total. The van der Waals surface area contributed by atoms with Gasteiger partial charge in [-0.15, -0.1) is 0 Å². The molecule has 1 heterocycles. The van der Waals surface area contributed by atoms with Gasteiger partial charge in [-0.05, 0) is 36.4 Å². The minimum Gasteiger partial charge on any atom is -0.457 e. The molecule has 0 aliphatic rings. The molecule has 3 rings (SSSR count). The Balaban J connectivity index is 2.09. The molecule has 0 saturated heterocycles. The third-order valence-corrected chi connectivity index (χ3v) is 3.69. The van der Waals surface area contributed by atoms with Crippen LogP contribution in [0.4, 0.5) is 4.39 Å². The molecule has 2 aromatic carbocycles. The van der Waals surface area contributed by atoms with Crippen LogP contribution >= 0.6 is 11.6 Å². The fraction of sp³-hybridized carbons (Fsp3) is 0.176. The first-order valence-corrected chi connectivity index (χ1v) is 7.23. The van der Waals surface area contributed by atoms with Crippen LogP contribution in [0, 0.1) is 5.82 Å². The minimum absolute atomic E-state index is 0.200. The van der Waals surface area contributed by atoms with Gasteiger partial charge in [0.25, 0.3) is 0 Å². The second-order valence-electron chi connectivity index (χ2n) is 4.85. The van der Waals surface area contributed by atoms with E-state index >= 15 is 0 Å². The monoisotopic (exact) mass is 303 g/mol. The van der Waals surface area contributed by atoms with Crippen molar-refractivity contribution in [3.05, 3.63) is 70.7 Å². The summed E-state index contributed by atoms with van der Waals surface area (Å²) in [6.07, 6.45) is 0. The summed E-state index contributed by atoms with van der Waals surface area (Å²) in [7, 11) is 0. The maximum atomic E-state index is 13.5. The molecule has 1 N–H and O–H groups in total. The van der Waals surface area contributed by atoms with Crippen LogP contribution in [-0.2, 0) is 0 Å². The van der Waals surface area contributed by atoms with Gasteiger partial charge in [-0.3, -0.25) is 0 Å². The zero-order chi connectivity index (χ0) is 14.8. The molecule has 4 heteroatoms. The first-order valence-electron chi connectivity index (χ1n) is 6.86. The summed E-state index contributed by atoms with van der Waals surface area (Å²) in [5.41, 5.74) is 1.49. The largest absolute Gasteiger partial charge is 0.457 e. The van der Waals surface area contributed by atoms with E-state index in [0.29, 0.717) is 10.6 Å². The van der Waals surface area contributed by atoms with Crippen LogP contribution in [-0.4, -0.2) is 6.54 Å². The Bertz CT molecular complexity index is 768. The normalized spacial score (nSPS) is 12.7. The van der Waals surface area contributed by atoms with E-state index < -0.39 is 0 Å². The smallest absolute Gasteiger partial charge is 0.152 e. The van der Waals surface area contributed by atoms with Crippen molar-refractivity contribution in [1.82, 2.24) is 5.32 Å². The molecular formula is C17H15ClFNO. The molecule has 1 atom stereocenters. The molecule has 0 aliphatic heterocycles. The highest BCUT2D eigenvalue weighted by Gasteiger charge is 2.19. The summed E-state index contributed by atoms with van der Waals surface area (Å²) in [5.74, 6) is 0.468. The summed E-state index contributed by atoms with van der Waals surface area (Å²) in [6.45, 7) is 2.74. The molecule has 0 saturated carbocycles. The molecule has 3 aromatic rings. The van der Waals surface area contributed by atoms with Crippen LogP contribution in [0.25, 0.3) is 11.0 Å². The van der Waals surface area contributed by atoms with E-state index in [2.05, 4.69) is 5.32 Å². The van der Waals surface area contributed by atoms with Gasteiger partial charge in [-0.2, -0.15) is 0 Å². The lowest BCUT2D eigenvalue weighted by molar-refractivity contribution is 0.475. The van der Waals surface area contributed by atoms with Crippen molar-refractivity contribution in [1.29, 1.82) is 0 Å². The lowest BCUT2D eigenvalue weighted by atomic mass is 10.0. The number of hydrogen-bond donors (Lipinski definition) is 1. The Morgan fingerprint density at radius 2 is 2.00 bits per heavy atom. The number of furan rings is 1. The van der Waals surface area contributed by atoms with Crippen LogP contribution < -0.4 is 5.32 Å². The fourth-order valence-corrected chi connectivity index (χ4v) is 2.68. The molecule has 0 spiro atoms. The van der Waals surface area contributed by atoms with E-state index in [1.165, 1.54) is 12.1 Å². The number of nitrogens with one attached hydrogen (secondary N) is 1. The molecule has 1 unspecified atom stereocenters. The number of para-hydroxylation sites is 1. The molecule has 1 aromatic heterocycles. The van der Waals surface area contributed by atoms with Crippen molar-refractivity contribution in [3.8, 4) is 0 Å². The third-order valence-electron chi connectivity index (χ3n) is 3.39. The molecule has 0 fully saturated rings. The Hall–Kier alpha value is -1.84. The van der Waals surface area contributed by atoms with Gasteiger partial charge < -0.3 is 9.73 Å². The Labute approximate surface area is 127 Å². The first kappa shape index (κ1) is 14.1. The van der Waals surface area contributed by atoms with Crippen LogP contribution in [0.15, 0.2) is 52.9 Å². The zero-order valence-corrected chi connectivity index (χ0v) is 12.3. The van der Waals surface area contributed by atoms with Gasteiger partial charge in [0, 0.05) is 5.39 Å². The van der Waals surface area contributed by atoms with Crippen molar-refractivity contribution >= 4 is 22.6 Å². The van der Waals surface area contributed by atoms with Gasteiger partial charge in [0.1, 0.15) is 11.6 Å². The second-order valence-corrected chi connectivity index (χ2v) is 5.26. The van der Waals surface area contributed by atoms with Crippen LogP contribution in [0.2, 0.25) is 5.02 Å². The predicted molar refractivity (Wildman–Crippen MR) is 83.1 cm³/mol. The lowest BCUT2D eigenvalue weighted by Crippen LogP contribution is -2.21. The van der Waals surface area contributed by atoms with Gasteiger partial charge in [-0.25, -0.2) is 4.39 Å². The maximum absolute atomic E-state index is 13.5. The van der Waals surface area contributed by atoms with Crippen LogP contribution in [0.5, 0.6) is 0 Å². The molecule has 0 bridgehead atoms. The molecular weight excluding hydrogens is 289 g/mol.